The van der Waals surface area contributed by atoms with Gasteiger partial charge in [-0.25, -0.2) is 0 Å². The van der Waals surface area contributed by atoms with Crippen molar-refractivity contribution >= 4 is 18.3 Å². The van der Waals surface area contributed by atoms with Gasteiger partial charge in [0.2, 0.25) is 5.91 Å². The predicted molar refractivity (Wildman–Crippen MR) is 91.2 cm³/mol. The van der Waals surface area contributed by atoms with Crippen molar-refractivity contribution in [2.45, 2.75) is 31.3 Å². The Bertz CT molecular complexity index is 605. The van der Waals surface area contributed by atoms with Crippen LogP contribution in [-0.2, 0) is 24.1 Å². The topological polar surface area (TPSA) is 55.1 Å². The lowest BCUT2D eigenvalue weighted by Crippen LogP contribution is -2.46. The Morgan fingerprint density at radius 1 is 1.05 bits per heavy atom. The van der Waals surface area contributed by atoms with Gasteiger partial charge in [-0.2, -0.15) is 0 Å². The average Bonchev–Trinajstić information content (AvgIpc) is 2.90. The molecule has 0 saturated carbocycles. The molecule has 22 heavy (non-hydrogen) atoms. The van der Waals surface area contributed by atoms with Gasteiger partial charge in [-0.1, -0.05) is 54.6 Å². The van der Waals surface area contributed by atoms with E-state index < -0.39 is 6.04 Å². The van der Waals surface area contributed by atoms with Gasteiger partial charge in [-0.3, -0.25) is 4.79 Å². The third kappa shape index (κ3) is 3.87. The molecule has 3 N–H and O–H groups in total. The van der Waals surface area contributed by atoms with Crippen LogP contribution >= 0.6 is 12.4 Å². The van der Waals surface area contributed by atoms with Crippen molar-refractivity contribution < 1.29 is 4.79 Å². The maximum Gasteiger partial charge on any atom is 0.237 e. The number of amides is 1. The second-order valence-corrected chi connectivity index (χ2v) is 5.68. The highest BCUT2D eigenvalue weighted by atomic mass is 35.5. The zero-order valence-electron chi connectivity index (χ0n) is 12.4. The van der Waals surface area contributed by atoms with E-state index in [9.17, 15) is 4.79 Å². The molecule has 3 nitrogen and oxygen atoms in total. The minimum absolute atomic E-state index is 0. The van der Waals surface area contributed by atoms with Crippen molar-refractivity contribution in [3.05, 3.63) is 71.3 Å². The number of carbonyl (C=O) groups excluding carboxylic acids is 1. The van der Waals surface area contributed by atoms with Crippen molar-refractivity contribution in [3.63, 3.8) is 0 Å². The van der Waals surface area contributed by atoms with Crippen molar-refractivity contribution in [1.29, 1.82) is 0 Å². The number of rotatable bonds is 4. The fourth-order valence-electron chi connectivity index (χ4n) is 2.93. The summed E-state index contributed by atoms with van der Waals surface area (Å²) in [5.41, 5.74) is 9.78. The van der Waals surface area contributed by atoms with Gasteiger partial charge in [0, 0.05) is 6.04 Å². The molecule has 1 atom stereocenters. The number of nitrogens with two attached hydrogens (primary N) is 1. The van der Waals surface area contributed by atoms with Crippen molar-refractivity contribution in [3.8, 4) is 0 Å². The molecule has 116 valence electrons. The number of halogens is 1. The van der Waals surface area contributed by atoms with E-state index in [1.807, 2.05) is 42.5 Å². The molecule has 0 heterocycles. The smallest absolute Gasteiger partial charge is 0.237 e. The number of hydrogen-bond acceptors (Lipinski definition) is 2. The Balaban J connectivity index is 0.00000176. The number of benzene rings is 2. The summed E-state index contributed by atoms with van der Waals surface area (Å²) >= 11 is 0. The van der Waals surface area contributed by atoms with Crippen molar-refractivity contribution in [2.75, 3.05) is 0 Å². The van der Waals surface area contributed by atoms with E-state index in [1.54, 1.807) is 0 Å². The quantitative estimate of drug-likeness (QED) is 0.909. The molecule has 4 heteroatoms. The lowest BCUT2D eigenvalue weighted by atomic mass is 10.1. The van der Waals surface area contributed by atoms with Crippen LogP contribution in [0.3, 0.4) is 0 Å². The van der Waals surface area contributed by atoms with Crippen LogP contribution in [0.5, 0.6) is 0 Å². The summed E-state index contributed by atoms with van der Waals surface area (Å²) in [5.74, 6) is -0.0586. The number of carbonyl (C=O) groups is 1. The molecule has 3 rings (SSSR count). The fraction of sp³-hybridized carbons (Fsp3) is 0.278. The molecular formula is C18H21ClN2O. The lowest BCUT2D eigenvalue weighted by molar-refractivity contribution is -0.123. The van der Waals surface area contributed by atoms with Crippen molar-refractivity contribution in [2.24, 2.45) is 5.73 Å². The van der Waals surface area contributed by atoms with Gasteiger partial charge in [-0.05, 0) is 36.0 Å². The summed E-state index contributed by atoms with van der Waals surface area (Å²) < 4.78 is 0. The maximum absolute atomic E-state index is 12.2. The zero-order valence-corrected chi connectivity index (χ0v) is 13.2. The monoisotopic (exact) mass is 316 g/mol. The zero-order chi connectivity index (χ0) is 14.7. The molecule has 0 saturated heterocycles. The molecular weight excluding hydrogens is 296 g/mol. The van der Waals surface area contributed by atoms with Crippen LogP contribution in [0.15, 0.2) is 54.6 Å². The molecule has 2 aromatic rings. The summed E-state index contributed by atoms with van der Waals surface area (Å²) in [6.07, 6.45) is 2.38. The minimum Gasteiger partial charge on any atom is -0.351 e. The number of fused-ring (bicyclic) bond motifs is 1. The van der Waals surface area contributed by atoms with Crippen LogP contribution < -0.4 is 11.1 Å². The Morgan fingerprint density at radius 3 is 2.18 bits per heavy atom. The van der Waals surface area contributed by atoms with Crippen LogP contribution in [-0.4, -0.2) is 18.0 Å². The highest BCUT2D eigenvalue weighted by Gasteiger charge is 2.24. The standard InChI is InChI=1S/C18H20N2O.ClH/c19-17(10-13-6-2-1-3-7-13)18(21)20-16-11-14-8-4-5-9-15(14)12-16;/h1-9,16-17H,10-12,19H2,(H,20,21);1H/t17-;/m0./s1. The molecule has 2 aromatic carbocycles. The Labute approximate surface area is 137 Å². The molecule has 1 aliphatic rings. The molecule has 0 radical (unpaired) electrons. The molecule has 0 bridgehead atoms. The molecule has 0 spiro atoms. The fourth-order valence-corrected chi connectivity index (χ4v) is 2.93. The molecule has 0 aliphatic heterocycles. The maximum atomic E-state index is 12.2. The van der Waals surface area contributed by atoms with Crippen molar-refractivity contribution in [1.82, 2.24) is 5.32 Å². The minimum atomic E-state index is -0.490. The lowest BCUT2D eigenvalue weighted by Gasteiger charge is -2.16. The number of hydrogen-bond donors (Lipinski definition) is 2. The first kappa shape index (κ1) is 16.5. The molecule has 1 aliphatic carbocycles. The summed E-state index contributed by atoms with van der Waals surface area (Å²) in [6, 6.07) is 17.9. The van der Waals surface area contributed by atoms with Gasteiger partial charge in [0.15, 0.2) is 0 Å². The van der Waals surface area contributed by atoms with Gasteiger partial charge in [0.05, 0.1) is 6.04 Å². The average molecular weight is 317 g/mol. The summed E-state index contributed by atoms with van der Waals surface area (Å²) in [4.78, 5) is 12.2. The Kier molecular flexibility index (Phi) is 5.58. The predicted octanol–water partition coefficient (Wildman–Crippen LogP) is 2.26. The Hall–Kier alpha value is -1.84. The summed E-state index contributed by atoms with van der Waals surface area (Å²) in [5, 5.41) is 3.08. The van der Waals surface area contributed by atoms with E-state index in [4.69, 9.17) is 5.73 Å². The molecule has 0 fully saturated rings. The van der Waals surface area contributed by atoms with E-state index >= 15 is 0 Å². The summed E-state index contributed by atoms with van der Waals surface area (Å²) in [6.45, 7) is 0. The molecule has 1 amide bonds. The van der Waals surface area contributed by atoms with Gasteiger partial charge in [0.25, 0.3) is 0 Å². The highest BCUT2D eigenvalue weighted by molar-refractivity contribution is 5.85. The first-order valence-corrected chi connectivity index (χ1v) is 7.39. The van der Waals surface area contributed by atoms with Gasteiger partial charge >= 0.3 is 0 Å². The second-order valence-electron chi connectivity index (χ2n) is 5.68. The highest BCUT2D eigenvalue weighted by Crippen LogP contribution is 2.21. The SMILES string of the molecule is Cl.N[C@@H](Cc1ccccc1)C(=O)NC1Cc2ccccc2C1. The number of nitrogens with one attached hydrogen (secondary N) is 1. The first-order valence-electron chi connectivity index (χ1n) is 7.39. The van der Waals surface area contributed by atoms with E-state index in [2.05, 4.69) is 17.4 Å². The van der Waals surface area contributed by atoms with Crippen LogP contribution in [0.25, 0.3) is 0 Å². The van der Waals surface area contributed by atoms with E-state index in [0.717, 1.165) is 18.4 Å². The van der Waals surface area contributed by atoms with E-state index in [-0.39, 0.29) is 24.4 Å². The van der Waals surface area contributed by atoms with E-state index in [1.165, 1.54) is 11.1 Å². The third-order valence-corrected chi connectivity index (χ3v) is 4.03. The summed E-state index contributed by atoms with van der Waals surface area (Å²) in [7, 11) is 0. The van der Waals surface area contributed by atoms with Gasteiger partial charge in [-0.15, -0.1) is 12.4 Å². The molecule has 0 aromatic heterocycles. The molecule has 0 unspecified atom stereocenters. The largest absolute Gasteiger partial charge is 0.351 e. The normalized spacial score (nSPS) is 14.8. The van der Waals surface area contributed by atoms with Crippen LogP contribution in [0, 0.1) is 0 Å². The third-order valence-electron chi connectivity index (χ3n) is 4.03. The van der Waals surface area contributed by atoms with Crippen LogP contribution in [0.2, 0.25) is 0 Å². The van der Waals surface area contributed by atoms with Gasteiger partial charge in [0.1, 0.15) is 0 Å². The first-order chi connectivity index (χ1) is 10.2. The van der Waals surface area contributed by atoms with Crippen LogP contribution in [0.1, 0.15) is 16.7 Å². The Morgan fingerprint density at radius 2 is 1.59 bits per heavy atom. The van der Waals surface area contributed by atoms with Gasteiger partial charge < -0.3 is 11.1 Å². The second kappa shape index (κ2) is 7.43. The van der Waals surface area contributed by atoms with E-state index in [0.29, 0.717) is 6.42 Å². The van der Waals surface area contributed by atoms with Crippen LogP contribution in [0.4, 0.5) is 0 Å².